The highest BCUT2D eigenvalue weighted by molar-refractivity contribution is 8.08. The molecule has 4 rings (SSSR count). The largest absolute Gasteiger partial charge is 0.467 e. The summed E-state index contributed by atoms with van der Waals surface area (Å²) in [5, 5.41) is 26.0. The first kappa shape index (κ1) is 28.0. The summed E-state index contributed by atoms with van der Waals surface area (Å²) in [6.45, 7) is -1.29. The molecule has 1 fully saturated rings. The maximum Gasteiger partial charge on any atom is 0.330 e. The van der Waals surface area contributed by atoms with Crippen molar-refractivity contribution in [3.8, 4) is 5.75 Å². The predicted octanol–water partition coefficient (Wildman–Crippen LogP) is 1.44. The van der Waals surface area contributed by atoms with Crippen molar-refractivity contribution in [2.24, 2.45) is 0 Å². The van der Waals surface area contributed by atoms with Crippen LogP contribution in [0.5, 0.6) is 5.75 Å². The third kappa shape index (κ3) is 5.84. The molecule has 1 aliphatic heterocycles. The van der Waals surface area contributed by atoms with E-state index in [9.17, 15) is 24.7 Å². The van der Waals surface area contributed by atoms with Gasteiger partial charge in [-0.3, -0.25) is 14.3 Å². The van der Waals surface area contributed by atoms with Crippen LogP contribution in [0.15, 0.2) is 76.0 Å². The Labute approximate surface area is 222 Å². The predicted molar refractivity (Wildman–Crippen MR) is 142 cm³/mol. The van der Waals surface area contributed by atoms with Crippen LogP contribution in [0.1, 0.15) is 20.1 Å². The van der Waals surface area contributed by atoms with Crippen LogP contribution in [0.2, 0.25) is 0 Å². The molecular formula is C24H28N3O9PS. The zero-order chi connectivity index (χ0) is 27.7. The Hall–Kier alpha value is -3.03. The maximum absolute atomic E-state index is 12.2. The van der Waals surface area contributed by atoms with Crippen molar-refractivity contribution in [3.63, 3.8) is 0 Å². The van der Waals surface area contributed by atoms with E-state index in [0.29, 0.717) is 5.75 Å². The Morgan fingerprint density at radius 2 is 1.95 bits per heavy atom. The van der Waals surface area contributed by atoms with Gasteiger partial charge in [0, 0.05) is 17.6 Å². The van der Waals surface area contributed by atoms with Gasteiger partial charge in [-0.25, -0.2) is 4.79 Å². The molecule has 0 amide bonds. The summed E-state index contributed by atoms with van der Waals surface area (Å²) >= 11 is 5.21. The van der Waals surface area contributed by atoms with E-state index >= 15 is 0 Å². The summed E-state index contributed by atoms with van der Waals surface area (Å²) < 4.78 is 23.4. The summed E-state index contributed by atoms with van der Waals surface area (Å²) in [6, 6.07) is 14.3. The molecule has 2 heterocycles. The molecule has 5 N–H and O–H groups in total. The lowest BCUT2D eigenvalue weighted by molar-refractivity contribution is -0.0984. The van der Waals surface area contributed by atoms with E-state index in [1.54, 1.807) is 13.0 Å². The quantitative estimate of drug-likeness (QED) is 0.188. The number of hydrogen-bond acceptors (Lipinski definition) is 9. The van der Waals surface area contributed by atoms with E-state index in [1.807, 2.05) is 36.4 Å². The van der Waals surface area contributed by atoms with Crippen LogP contribution < -0.4 is 21.1 Å². The zero-order valence-electron chi connectivity index (χ0n) is 20.7. The topological polar surface area (TPSA) is 164 Å². The molecule has 2 aromatic carbocycles. The third-order valence-electron chi connectivity index (χ3n) is 6.03. The number of fused-ring (bicyclic) bond motifs is 1. The molecule has 12 nitrogen and oxygen atoms in total. The molecule has 14 heteroatoms. The summed E-state index contributed by atoms with van der Waals surface area (Å²) in [5.41, 5.74) is -3.12. The first-order valence-electron chi connectivity index (χ1n) is 11.5. The number of hydrogen-bond donors (Lipinski definition) is 5. The third-order valence-corrected chi connectivity index (χ3v) is 7.73. The molecule has 0 aliphatic carbocycles. The lowest BCUT2D eigenvalue weighted by Gasteiger charge is -2.27. The number of allylic oxidation sites excluding steroid dienone is 1. The Kier molecular flexibility index (Phi) is 8.09. The van der Waals surface area contributed by atoms with Crippen LogP contribution in [0.4, 0.5) is 0 Å². The molecule has 1 aliphatic rings. The minimum absolute atomic E-state index is 0.0471. The maximum atomic E-state index is 12.2. The molecule has 0 saturated carbocycles. The van der Waals surface area contributed by atoms with Gasteiger partial charge in [0.1, 0.15) is 23.6 Å². The number of benzene rings is 2. The number of methoxy groups -OCH3 is 1. The van der Waals surface area contributed by atoms with Crippen LogP contribution in [-0.2, 0) is 25.8 Å². The second-order valence-electron chi connectivity index (χ2n) is 8.84. The number of aromatic nitrogens is 2. The summed E-state index contributed by atoms with van der Waals surface area (Å²) in [5.74, 6) is 0.576. The van der Waals surface area contributed by atoms with Gasteiger partial charge in [-0.1, -0.05) is 36.4 Å². The number of nitrogens with one attached hydrogen (secondary N) is 2. The highest BCUT2D eigenvalue weighted by Crippen LogP contribution is 2.43. The van der Waals surface area contributed by atoms with Gasteiger partial charge in [-0.2, -0.15) is 0 Å². The van der Waals surface area contributed by atoms with E-state index < -0.39 is 48.5 Å². The molecule has 1 aromatic heterocycles. The monoisotopic (exact) mass is 565 g/mol. The average Bonchev–Trinajstić information content (AvgIpc) is 3.09. The molecule has 38 heavy (non-hydrogen) atoms. The van der Waals surface area contributed by atoms with Crippen molar-refractivity contribution in [3.05, 3.63) is 87.2 Å². The number of rotatable bonds is 9. The van der Waals surface area contributed by atoms with Crippen LogP contribution in [0, 0.1) is 0 Å². The Balaban J connectivity index is 1.46. The van der Waals surface area contributed by atoms with Gasteiger partial charge in [-0.15, -0.1) is 0 Å². The average molecular weight is 566 g/mol. The highest BCUT2D eigenvalue weighted by atomic mass is 32.5. The molecular weight excluding hydrogens is 537 g/mol. The van der Waals surface area contributed by atoms with Gasteiger partial charge in [0.25, 0.3) is 12.2 Å². The van der Waals surface area contributed by atoms with Crippen LogP contribution in [-0.4, -0.2) is 56.2 Å². The van der Waals surface area contributed by atoms with E-state index in [0.717, 1.165) is 27.6 Å². The number of aliphatic hydroxyl groups is 2. The summed E-state index contributed by atoms with van der Waals surface area (Å²) in [4.78, 5) is 36.4. The van der Waals surface area contributed by atoms with E-state index in [4.69, 9.17) is 30.5 Å². The Morgan fingerprint density at radius 3 is 2.66 bits per heavy atom. The number of nitrogens with zero attached hydrogens (tertiary/aromatic N) is 1. The number of aromatic amines is 1. The molecule has 204 valence electrons. The zero-order valence-corrected chi connectivity index (χ0v) is 22.4. The molecule has 1 unspecified atom stereocenters. The number of ether oxygens (including phenoxy) is 3. The van der Waals surface area contributed by atoms with Crippen LogP contribution in [0.3, 0.4) is 0 Å². The van der Waals surface area contributed by atoms with Gasteiger partial charge in [0.2, 0.25) is 0 Å². The fraction of sp³-hybridized carbons (Fsp3) is 0.333. The van der Waals surface area contributed by atoms with Crippen molar-refractivity contribution in [2.75, 3.05) is 13.7 Å². The number of aliphatic hydroxyl groups excluding tert-OH is 1. The molecule has 5 atom stereocenters. The number of H-pyrrole nitrogens is 1. The van der Waals surface area contributed by atoms with Gasteiger partial charge < -0.3 is 38.9 Å². The lowest BCUT2D eigenvalue weighted by Crippen LogP contribution is -2.46. The molecule has 0 radical (unpaired) electrons. The fourth-order valence-electron chi connectivity index (χ4n) is 4.11. The van der Waals surface area contributed by atoms with E-state index in [-0.39, 0.29) is 11.6 Å². The van der Waals surface area contributed by atoms with E-state index in [1.165, 1.54) is 14.0 Å². The van der Waals surface area contributed by atoms with Crippen molar-refractivity contribution in [2.45, 2.75) is 37.9 Å². The first-order chi connectivity index (χ1) is 17.9. The highest BCUT2D eigenvalue weighted by Gasteiger charge is 2.53. The van der Waals surface area contributed by atoms with Crippen LogP contribution in [0.25, 0.3) is 10.8 Å². The van der Waals surface area contributed by atoms with Gasteiger partial charge in [-0.05, 0) is 37.1 Å². The van der Waals surface area contributed by atoms with Crippen molar-refractivity contribution in [1.82, 2.24) is 14.6 Å². The second kappa shape index (κ2) is 11.0. The Morgan fingerprint density at radius 1 is 1.24 bits per heavy atom. The molecule has 0 spiro atoms. The normalized spacial score (nSPS) is 25.5. The van der Waals surface area contributed by atoms with Gasteiger partial charge in [0.15, 0.2) is 6.23 Å². The molecule has 3 aromatic rings. The lowest BCUT2D eigenvalue weighted by atomic mass is 9.96. The van der Waals surface area contributed by atoms with Crippen molar-refractivity contribution < 1.29 is 33.8 Å². The van der Waals surface area contributed by atoms with Gasteiger partial charge >= 0.3 is 11.6 Å². The van der Waals surface area contributed by atoms with E-state index in [2.05, 4.69) is 10.1 Å². The van der Waals surface area contributed by atoms with Gasteiger partial charge in [0.05, 0.1) is 19.4 Å². The summed E-state index contributed by atoms with van der Waals surface area (Å²) in [6.07, 6.45) is -2.87. The smallest absolute Gasteiger partial charge is 0.330 e. The minimum Gasteiger partial charge on any atom is -0.467 e. The minimum atomic E-state index is -3.72. The first-order valence-corrected chi connectivity index (χ1v) is 14.1. The molecule has 0 bridgehead atoms. The van der Waals surface area contributed by atoms with Crippen molar-refractivity contribution in [1.29, 1.82) is 0 Å². The van der Waals surface area contributed by atoms with Crippen molar-refractivity contribution >= 4 is 29.2 Å². The SMILES string of the molecule is COC(Oc1cccc2ccccc12)=C(C)NP(O)(=S)OC[C@H]1O[C@@H](n2ccc(=O)[nH]c2=O)[C@](C)(O)[C@@H]1O. The molecule has 1 saturated heterocycles. The van der Waals surface area contributed by atoms with Crippen LogP contribution >= 0.6 is 6.64 Å². The second-order valence-corrected chi connectivity index (χ2v) is 11.8. The fourth-order valence-corrected chi connectivity index (χ4v) is 5.63. The summed E-state index contributed by atoms with van der Waals surface area (Å²) in [7, 11) is 1.40. The Bertz CT molecular complexity index is 1510. The standard InChI is InChI=1S/C24H28N3O9PS/c1-14(21(33-3)35-17-10-6-8-15-7-4-5-9-16(15)17)26-37(32,38)34-13-18-20(29)24(2,31)22(36-18)27-12-11-19(28)25-23(27)30/h4-12,18,20,22,29,31H,13H2,1-3H3,(H,25,28,30)(H2,26,32,38)/t18-,20-,22-,24-,37?/m1/s1.